The van der Waals surface area contributed by atoms with Crippen molar-refractivity contribution in [3.63, 3.8) is 0 Å². The fourth-order valence-electron chi connectivity index (χ4n) is 2.81. The summed E-state index contributed by atoms with van der Waals surface area (Å²) in [4.78, 5) is 40.4. The van der Waals surface area contributed by atoms with Crippen LogP contribution in [0.5, 0.6) is 0 Å². The van der Waals surface area contributed by atoms with Crippen molar-refractivity contribution in [3.8, 4) is 11.4 Å². The smallest absolute Gasteiger partial charge is 0.270 e. The third-order valence-electron chi connectivity index (χ3n) is 4.24. The monoisotopic (exact) mass is 364 g/mol. The summed E-state index contributed by atoms with van der Waals surface area (Å²) >= 11 is 0. The molecular formula is C18H12N4O5. The summed E-state index contributed by atoms with van der Waals surface area (Å²) in [5.41, 5.74) is 1.68. The third-order valence-corrected chi connectivity index (χ3v) is 4.24. The van der Waals surface area contributed by atoms with Gasteiger partial charge in [-0.25, -0.2) is 0 Å². The molecule has 0 aliphatic carbocycles. The molecular weight excluding hydrogens is 352 g/mol. The highest BCUT2D eigenvalue weighted by atomic mass is 16.6. The number of nitrogens with zero attached hydrogens (tertiary/aromatic N) is 4. The Kier molecular flexibility index (Phi) is 3.76. The zero-order valence-electron chi connectivity index (χ0n) is 14.1. The van der Waals surface area contributed by atoms with Gasteiger partial charge in [-0.2, -0.15) is 4.98 Å². The molecule has 0 spiro atoms. The number of aromatic nitrogens is 2. The molecule has 9 heteroatoms. The lowest BCUT2D eigenvalue weighted by molar-refractivity contribution is -0.384. The van der Waals surface area contributed by atoms with Crippen molar-refractivity contribution in [1.29, 1.82) is 0 Å². The molecule has 4 rings (SSSR count). The number of nitro benzene ring substituents is 1. The van der Waals surface area contributed by atoms with Crippen LogP contribution >= 0.6 is 0 Å². The molecule has 134 valence electrons. The van der Waals surface area contributed by atoms with E-state index in [-0.39, 0.29) is 29.2 Å². The lowest BCUT2D eigenvalue weighted by atomic mass is 10.1. The van der Waals surface area contributed by atoms with Gasteiger partial charge in [0.1, 0.15) is 6.54 Å². The molecule has 0 fully saturated rings. The van der Waals surface area contributed by atoms with Crippen LogP contribution in [-0.4, -0.2) is 31.8 Å². The maximum Gasteiger partial charge on any atom is 0.270 e. The predicted octanol–water partition coefficient (Wildman–Crippen LogP) is 2.75. The van der Waals surface area contributed by atoms with Crippen LogP contribution in [0.15, 0.2) is 47.0 Å². The zero-order chi connectivity index (χ0) is 19.1. The van der Waals surface area contributed by atoms with Crippen LogP contribution in [0.3, 0.4) is 0 Å². The standard InChI is InChI=1S/C18H12N4O5/c1-10-2-4-11(5-3-10)16-19-15(27-20-16)9-21-17(23)13-7-6-12(22(25)26)8-14(13)18(21)24/h2-8H,9H2,1H3. The summed E-state index contributed by atoms with van der Waals surface area (Å²) in [7, 11) is 0. The Labute approximate surface area is 152 Å². The van der Waals surface area contributed by atoms with Crippen LogP contribution in [0.2, 0.25) is 0 Å². The number of carbonyl (C=O) groups excluding carboxylic acids is 2. The zero-order valence-corrected chi connectivity index (χ0v) is 14.1. The molecule has 0 bridgehead atoms. The van der Waals surface area contributed by atoms with E-state index in [2.05, 4.69) is 10.1 Å². The number of fused-ring (bicyclic) bond motifs is 1. The number of imide groups is 1. The first-order valence-electron chi connectivity index (χ1n) is 7.98. The van der Waals surface area contributed by atoms with Gasteiger partial charge in [-0.15, -0.1) is 0 Å². The SMILES string of the molecule is Cc1ccc(-c2noc(CN3C(=O)c4ccc([N+](=O)[O-])cc4C3=O)n2)cc1. The maximum atomic E-state index is 12.5. The van der Waals surface area contributed by atoms with Crippen molar-refractivity contribution >= 4 is 17.5 Å². The predicted molar refractivity (Wildman–Crippen MR) is 91.8 cm³/mol. The summed E-state index contributed by atoms with van der Waals surface area (Å²) in [6, 6.07) is 11.1. The first kappa shape index (κ1) is 16.6. The highest BCUT2D eigenvalue weighted by Crippen LogP contribution is 2.28. The second-order valence-electron chi connectivity index (χ2n) is 6.06. The van der Waals surface area contributed by atoms with Gasteiger partial charge in [0.2, 0.25) is 11.7 Å². The van der Waals surface area contributed by atoms with Gasteiger partial charge >= 0.3 is 0 Å². The van der Waals surface area contributed by atoms with Crippen LogP contribution in [0.4, 0.5) is 5.69 Å². The van der Waals surface area contributed by atoms with E-state index in [4.69, 9.17) is 4.52 Å². The molecule has 0 N–H and O–H groups in total. The van der Waals surface area contributed by atoms with E-state index >= 15 is 0 Å². The highest BCUT2D eigenvalue weighted by Gasteiger charge is 2.37. The number of rotatable bonds is 4. The van der Waals surface area contributed by atoms with Gasteiger partial charge in [-0.3, -0.25) is 24.6 Å². The molecule has 0 saturated carbocycles. The van der Waals surface area contributed by atoms with Crippen molar-refractivity contribution in [3.05, 3.63) is 75.2 Å². The second-order valence-corrected chi connectivity index (χ2v) is 6.06. The quantitative estimate of drug-likeness (QED) is 0.396. The van der Waals surface area contributed by atoms with Crippen LogP contribution in [0.1, 0.15) is 32.2 Å². The lowest BCUT2D eigenvalue weighted by Crippen LogP contribution is -2.29. The first-order valence-corrected chi connectivity index (χ1v) is 7.98. The van der Waals surface area contributed by atoms with E-state index in [9.17, 15) is 19.7 Å². The van der Waals surface area contributed by atoms with Gasteiger partial charge < -0.3 is 4.52 Å². The van der Waals surface area contributed by atoms with Crippen LogP contribution in [-0.2, 0) is 6.54 Å². The molecule has 1 aliphatic heterocycles. The Hall–Kier alpha value is -3.88. The van der Waals surface area contributed by atoms with E-state index in [0.29, 0.717) is 5.82 Å². The molecule has 3 aromatic rings. The van der Waals surface area contributed by atoms with E-state index in [1.165, 1.54) is 12.1 Å². The number of aryl methyl sites for hydroxylation is 1. The largest absolute Gasteiger partial charge is 0.337 e. The van der Waals surface area contributed by atoms with E-state index in [1.54, 1.807) is 0 Å². The molecule has 2 amide bonds. The van der Waals surface area contributed by atoms with Crippen molar-refractivity contribution < 1.29 is 19.0 Å². The molecule has 0 atom stereocenters. The van der Waals surface area contributed by atoms with Gasteiger partial charge in [-0.05, 0) is 13.0 Å². The molecule has 0 radical (unpaired) electrons. The first-order chi connectivity index (χ1) is 12.9. The molecule has 9 nitrogen and oxygen atoms in total. The van der Waals surface area contributed by atoms with Crippen molar-refractivity contribution in [2.24, 2.45) is 0 Å². The number of carbonyl (C=O) groups is 2. The van der Waals surface area contributed by atoms with E-state index in [1.807, 2.05) is 31.2 Å². The molecule has 2 aromatic carbocycles. The Morgan fingerprint density at radius 3 is 2.48 bits per heavy atom. The summed E-state index contributed by atoms with van der Waals surface area (Å²) < 4.78 is 5.15. The normalized spacial score (nSPS) is 13.1. The number of hydrogen-bond acceptors (Lipinski definition) is 7. The van der Waals surface area contributed by atoms with Gasteiger partial charge in [0.15, 0.2) is 0 Å². The van der Waals surface area contributed by atoms with E-state index in [0.717, 1.165) is 22.1 Å². The number of benzene rings is 2. The number of amides is 2. The molecule has 1 aromatic heterocycles. The minimum Gasteiger partial charge on any atom is -0.337 e. The average Bonchev–Trinajstić information content (AvgIpc) is 3.21. The molecule has 2 heterocycles. The van der Waals surface area contributed by atoms with Gasteiger partial charge in [0.05, 0.1) is 16.1 Å². The number of hydrogen-bond donors (Lipinski definition) is 0. The van der Waals surface area contributed by atoms with Crippen LogP contribution in [0, 0.1) is 17.0 Å². The fourth-order valence-corrected chi connectivity index (χ4v) is 2.81. The van der Waals surface area contributed by atoms with Crippen molar-refractivity contribution in [1.82, 2.24) is 15.0 Å². The lowest BCUT2D eigenvalue weighted by Gasteiger charge is -2.09. The summed E-state index contributed by atoms with van der Waals surface area (Å²) in [6.07, 6.45) is 0. The minimum absolute atomic E-state index is 0.00697. The molecule has 0 saturated heterocycles. The summed E-state index contributed by atoms with van der Waals surface area (Å²) in [5.74, 6) is -0.749. The highest BCUT2D eigenvalue weighted by molar-refractivity contribution is 6.21. The van der Waals surface area contributed by atoms with Gasteiger partial charge in [0, 0.05) is 17.7 Å². The average molecular weight is 364 g/mol. The van der Waals surface area contributed by atoms with Gasteiger partial charge in [-0.1, -0.05) is 35.0 Å². The maximum absolute atomic E-state index is 12.5. The minimum atomic E-state index is -0.631. The number of nitro groups is 1. The third kappa shape index (κ3) is 2.84. The molecule has 27 heavy (non-hydrogen) atoms. The second kappa shape index (κ2) is 6.13. The van der Waals surface area contributed by atoms with Crippen molar-refractivity contribution in [2.75, 3.05) is 0 Å². The van der Waals surface area contributed by atoms with Crippen molar-refractivity contribution in [2.45, 2.75) is 13.5 Å². The Morgan fingerprint density at radius 2 is 1.78 bits per heavy atom. The van der Waals surface area contributed by atoms with Crippen LogP contribution < -0.4 is 0 Å². The van der Waals surface area contributed by atoms with Gasteiger partial charge in [0.25, 0.3) is 17.5 Å². The van der Waals surface area contributed by atoms with E-state index < -0.39 is 16.7 Å². The Morgan fingerprint density at radius 1 is 1.07 bits per heavy atom. The Bertz CT molecular complexity index is 1090. The van der Waals surface area contributed by atoms with Crippen LogP contribution in [0.25, 0.3) is 11.4 Å². The molecule has 1 aliphatic rings. The summed E-state index contributed by atoms with van der Waals surface area (Å²) in [5, 5.41) is 14.8. The molecule has 0 unspecified atom stereocenters. The fraction of sp³-hybridized carbons (Fsp3) is 0.111. The Balaban J connectivity index is 1.58. The number of non-ortho nitro benzene ring substituents is 1. The topological polar surface area (TPSA) is 119 Å². The summed E-state index contributed by atoms with van der Waals surface area (Å²) in [6.45, 7) is 1.75.